The Balaban J connectivity index is 1.68. The highest BCUT2D eigenvalue weighted by atomic mass is 35.5. The summed E-state index contributed by atoms with van der Waals surface area (Å²) in [5, 5.41) is 0.106. The number of nitrogens with zero attached hydrogens (tertiary/aromatic N) is 2. The van der Waals surface area contributed by atoms with E-state index in [4.69, 9.17) is 32.7 Å². The predicted molar refractivity (Wildman–Crippen MR) is 128 cm³/mol. The van der Waals surface area contributed by atoms with Gasteiger partial charge in [-0.1, -0.05) is 23.2 Å². The summed E-state index contributed by atoms with van der Waals surface area (Å²) in [5.41, 5.74) is 0.230. The van der Waals surface area contributed by atoms with Crippen LogP contribution in [0.15, 0.2) is 47.4 Å². The Bertz CT molecular complexity index is 1260. The number of hydrogen-bond acceptors (Lipinski definition) is 7. The maximum atomic E-state index is 13.7. The molecule has 2 aromatic rings. The number of amides is 2. The second kappa shape index (κ2) is 10.2. The molecular formula is C23H22Cl2N2O7S. The largest absolute Gasteiger partial charge is 0.427 e. The Morgan fingerprint density at radius 3 is 2.51 bits per heavy atom. The zero-order valence-corrected chi connectivity index (χ0v) is 21.0. The molecule has 2 unspecified atom stereocenters. The number of carbonyl (C=O) groups excluding carboxylic acids is 3. The van der Waals surface area contributed by atoms with Crippen molar-refractivity contribution < 1.29 is 32.3 Å². The molecule has 0 saturated carbocycles. The van der Waals surface area contributed by atoms with Gasteiger partial charge in [0, 0.05) is 25.1 Å². The fraction of sp³-hybridized carbons (Fsp3) is 0.348. The molecule has 2 saturated heterocycles. The van der Waals surface area contributed by atoms with Crippen LogP contribution in [-0.2, 0) is 29.1 Å². The molecule has 2 aliphatic rings. The van der Waals surface area contributed by atoms with Gasteiger partial charge in [-0.05, 0) is 55.3 Å². The van der Waals surface area contributed by atoms with Crippen molar-refractivity contribution in [3.05, 3.63) is 52.5 Å². The van der Waals surface area contributed by atoms with Crippen LogP contribution >= 0.6 is 23.2 Å². The molecule has 2 amide bonds. The number of anilines is 1. The summed E-state index contributed by atoms with van der Waals surface area (Å²) in [6.07, 6.45) is 0.595. The van der Waals surface area contributed by atoms with Crippen molar-refractivity contribution in [1.29, 1.82) is 0 Å². The number of sulfonamides is 1. The summed E-state index contributed by atoms with van der Waals surface area (Å²) in [4.78, 5) is 38.2. The maximum Gasteiger partial charge on any atom is 0.308 e. The molecule has 2 atom stereocenters. The van der Waals surface area contributed by atoms with Crippen molar-refractivity contribution in [3.8, 4) is 5.75 Å². The van der Waals surface area contributed by atoms with Gasteiger partial charge in [0.05, 0.1) is 23.2 Å². The first-order valence-electron chi connectivity index (χ1n) is 10.8. The summed E-state index contributed by atoms with van der Waals surface area (Å²) < 4.78 is 39.0. The van der Waals surface area contributed by atoms with E-state index in [1.807, 2.05) is 0 Å². The number of esters is 1. The third-order valence-electron chi connectivity index (χ3n) is 5.71. The zero-order chi connectivity index (χ0) is 25.3. The molecule has 35 heavy (non-hydrogen) atoms. The van der Waals surface area contributed by atoms with E-state index in [-0.39, 0.29) is 39.3 Å². The van der Waals surface area contributed by atoms with E-state index < -0.39 is 40.0 Å². The minimum Gasteiger partial charge on any atom is -0.427 e. The van der Waals surface area contributed by atoms with Crippen LogP contribution in [0.2, 0.25) is 10.0 Å². The third kappa shape index (κ3) is 5.36. The monoisotopic (exact) mass is 540 g/mol. The van der Waals surface area contributed by atoms with E-state index in [0.29, 0.717) is 13.0 Å². The Labute approximate surface area is 212 Å². The SMILES string of the molecule is CC(=O)Oc1ccc(N2C(=O)CC(N(CC3CCCO3)S(=O)(=O)c3cc(Cl)ccc3Cl)C2=O)cc1. The molecule has 0 bridgehead atoms. The second-order valence-corrected chi connectivity index (χ2v) is 10.9. The Morgan fingerprint density at radius 2 is 1.89 bits per heavy atom. The Hall–Kier alpha value is -2.50. The minimum atomic E-state index is -4.33. The molecule has 0 spiro atoms. The first-order valence-corrected chi connectivity index (χ1v) is 13.0. The quantitative estimate of drug-likeness (QED) is 0.300. The average Bonchev–Trinajstić information content (AvgIpc) is 3.41. The standard InChI is InChI=1S/C23H22Cl2N2O7S/c1-14(28)34-17-7-5-16(6-8-17)27-22(29)12-20(23(27)30)26(13-18-3-2-10-33-18)35(31,32)21-11-15(24)4-9-19(21)25/h4-9,11,18,20H,2-3,10,12-13H2,1H3. The first kappa shape index (κ1) is 25.6. The van der Waals surface area contributed by atoms with Crippen LogP contribution in [0, 0.1) is 0 Å². The molecular weight excluding hydrogens is 519 g/mol. The second-order valence-electron chi connectivity index (χ2n) is 8.16. The number of halogens is 2. The van der Waals surface area contributed by atoms with Crippen molar-refractivity contribution in [3.63, 3.8) is 0 Å². The van der Waals surface area contributed by atoms with Crippen molar-refractivity contribution >= 4 is 56.7 Å². The Kier molecular flexibility index (Phi) is 7.48. The number of benzene rings is 2. The van der Waals surface area contributed by atoms with Gasteiger partial charge in [-0.25, -0.2) is 13.3 Å². The van der Waals surface area contributed by atoms with Crippen LogP contribution < -0.4 is 9.64 Å². The fourth-order valence-electron chi connectivity index (χ4n) is 4.12. The number of imide groups is 1. The lowest BCUT2D eigenvalue weighted by Gasteiger charge is -2.29. The van der Waals surface area contributed by atoms with Crippen LogP contribution in [-0.4, -0.2) is 55.8 Å². The van der Waals surface area contributed by atoms with Gasteiger partial charge in [-0.2, -0.15) is 4.31 Å². The average molecular weight is 541 g/mol. The number of ether oxygens (including phenoxy) is 2. The Morgan fingerprint density at radius 1 is 1.17 bits per heavy atom. The van der Waals surface area contributed by atoms with Crippen molar-refractivity contribution in [2.75, 3.05) is 18.1 Å². The van der Waals surface area contributed by atoms with E-state index in [2.05, 4.69) is 0 Å². The van der Waals surface area contributed by atoms with Gasteiger partial charge in [0.15, 0.2) is 0 Å². The molecule has 2 aromatic carbocycles. The molecule has 186 valence electrons. The highest BCUT2D eigenvalue weighted by Crippen LogP contribution is 2.34. The van der Waals surface area contributed by atoms with E-state index >= 15 is 0 Å². The third-order valence-corrected chi connectivity index (χ3v) is 8.31. The van der Waals surface area contributed by atoms with E-state index in [1.165, 1.54) is 49.4 Å². The molecule has 0 aromatic heterocycles. The summed E-state index contributed by atoms with van der Waals surface area (Å²) in [7, 11) is -4.33. The molecule has 2 fully saturated rings. The smallest absolute Gasteiger partial charge is 0.308 e. The molecule has 0 aliphatic carbocycles. The topological polar surface area (TPSA) is 110 Å². The summed E-state index contributed by atoms with van der Waals surface area (Å²) in [6, 6.07) is 8.52. The highest BCUT2D eigenvalue weighted by Gasteiger charge is 2.48. The van der Waals surface area contributed by atoms with Gasteiger partial charge < -0.3 is 9.47 Å². The van der Waals surface area contributed by atoms with Crippen molar-refractivity contribution in [2.45, 2.75) is 43.2 Å². The number of hydrogen-bond donors (Lipinski definition) is 0. The highest BCUT2D eigenvalue weighted by molar-refractivity contribution is 7.89. The van der Waals surface area contributed by atoms with Gasteiger partial charge in [0.1, 0.15) is 16.7 Å². The maximum absolute atomic E-state index is 13.7. The zero-order valence-electron chi connectivity index (χ0n) is 18.6. The minimum absolute atomic E-state index is 0.0542. The summed E-state index contributed by atoms with van der Waals surface area (Å²) in [6.45, 7) is 1.62. The first-order chi connectivity index (χ1) is 16.6. The van der Waals surface area contributed by atoms with Gasteiger partial charge >= 0.3 is 5.97 Å². The van der Waals surface area contributed by atoms with Crippen LogP contribution in [0.3, 0.4) is 0 Å². The van der Waals surface area contributed by atoms with Crippen LogP contribution in [0.5, 0.6) is 5.75 Å². The van der Waals surface area contributed by atoms with E-state index in [0.717, 1.165) is 15.6 Å². The lowest BCUT2D eigenvalue weighted by Crippen LogP contribution is -2.48. The summed E-state index contributed by atoms with van der Waals surface area (Å²) >= 11 is 12.2. The van der Waals surface area contributed by atoms with Crippen molar-refractivity contribution in [1.82, 2.24) is 4.31 Å². The van der Waals surface area contributed by atoms with Gasteiger partial charge in [-0.15, -0.1) is 0 Å². The molecule has 0 N–H and O–H groups in total. The lowest BCUT2D eigenvalue weighted by molar-refractivity contribution is -0.132. The molecule has 9 nitrogen and oxygen atoms in total. The van der Waals surface area contributed by atoms with Gasteiger partial charge in [0.2, 0.25) is 15.9 Å². The number of carbonyl (C=O) groups is 3. The molecule has 2 aliphatic heterocycles. The summed E-state index contributed by atoms with van der Waals surface area (Å²) in [5.74, 6) is -1.53. The van der Waals surface area contributed by atoms with E-state index in [1.54, 1.807) is 0 Å². The van der Waals surface area contributed by atoms with Gasteiger partial charge in [0.25, 0.3) is 5.91 Å². The molecule has 12 heteroatoms. The van der Waals surface area contributed by atoms with Crippen LogP contribution in [0.4, 0.5) is 5.69 Å². The normalized spacial score (nSPS) is 20.6. The molecule has 0 radical (unpaired) electrons. The van der Waals surface area contributed by atoms with Gasteiger partial charge in [-0.3, -0.25) is 14.4 Å². The number of rotatable bonds is 7. The van der Waals surface area contributed by atoms with Crippen molar-refractivity contribution in [2.24, 2.45) is 0 Å². The van der Waals surface area contributed by atoms with Crippen LogP contribution in [0.1, 0.15) is 26.2 Å². The fourth-order valence-corrected chi connectivity index (χ4v) is 6.48. The predicted octanol–water partition coefficient (Wildman–Crippen LogP) is 3.42. The molecule has 2 heterocycles. The molecule has 4 rings (SSSR count). The van der Waals surface area contributed by atoms with E-state index in [9.17, 15) is 22.8 Å². The van der Waals surface area contributed by atoms with Crippen LogP contribution in [0.25, 0.3) is 0 Å². The lowest BCUT2D eigenvalue weighted by atomic mass is 10.2.